The molecule has 1 aliphatic heterocycles. The number of hydrogen-bond donors (Lipinski definition) is 1. The van der Waals surface area contributed by atoms with Crippen LogP contribution in [-0.4, -0.2) is 42.9 Å². The third kappa shape index (κ3) is 4.05. The number of nitrogens with one attached hydrogen (secondary N) is 1. The smallest absolute Gasteiger partial charge is 0.318 e. The third-order valence-electron chi connectivity index (χ3n) is 4.83. The molecule has 2 amide bonds. The van der Waals surface area contributed by atoms with E-state index in [1.165, 1.54) is 6.42 Å². The molecule has 0 aromatic heterocycles. The van der Waals surface area contributed by atoms with Crippen LogP contribution in [0.15, 0.2) is 30.3 Å². The number of sulfone groups is 1. The van der Waals surface area contributed by atoms with Crippen LogP contribution in [0.1, 0.15) is 38.5 Å². The van der Waals surface area contributed by atoms with Crippen LogP contribution < -0.4 is 5.32 Å². The predicted octanol–water partition coefficient (Wildman–Crippen LogP) is 3.04. The number of nitrogens with zero attached hydrogens (tertiary/aromatic N) is 1. The molecule has 1 aliphatic carbocycles. The van der Waals surface area contributed by atoms with Gasteiger partial charge >= 0.3 is 6.03 Å². The Kier molecular flexibility index (Phi) is 4.90. The van der Waals surface area contributed by atoms with Crippen molar-refractivity contribution in [2.45, 2.75) is 50.6 Å². The van der Waals surface area contributed by atoms with E-state index in [0.717, 1.165) is 31.4 Å². The fraction of sp³-hybridized carbons (Fsp3) is 0.588. The molecule has 1 atom stereocenters. The van der Waals surface area contributed by atoms with Crippen molar-refractivity contribution in [2.75, 3.05) is 16.8 Å². The summed E-state index contributed by atoms with van der Waals surface area (Å²) in [6, 6.07) is 9.16. The summed E-state index contributed by atoms with van der Waals surface area (Å²) in [5.74, 6) is 0.297. The normalized spacial score (nSPS) is 24.3. The van der Waals surface area contributed by atoms with Crippen LogP contribution in [0.2, 0.25) is 0 Å². The summed E-state index contributed by atoms with van der Waals surface area (Å²) >= 11 is 0. The lowest BCUT2D eigenvalue weighted by Crippen LogP contribution is -2.50. The van der Waals surface area contributed by atoms with Gasteiger partial charge in [0.2, 0.25) is 0 Å². The molecule has 1 saturated heterocycles. The second-order valence-corrected chi connectivity index (χ2v) is 8.78. The first-order valence-corrected chi connectivity index (χ1v) is 10.2. The van der Waals surface area contributed by atoms with Gasteiger partial charge in [-0.25, -0.2) is 13.2 Å². The number of benzene rings is 1. The Morgan fingerprint density at radius 2 is 1.70 bits per heavy atom. The van der Waals surface area contributed by atoms with Crippen molar-refractivity contribution in [3.05, 3.63) is 30.3 Å². The standard InChI is InChI=1S/C17H24N2O3S/c20-17(18-14-7-3-1-4-8-14)19(15-9-5-2-6-10-15)16-11-12-23(21,22)13-16/h1,3-4,7-8,15-16H,2,5-6,9-13H2,(H,18,20). The number of hydrogen-bond acceptors (Lipinski definition) is 3. The molecule has 3 rings (SSSR count). The first-order chi connectivity index (χ1) is 11.1. The summed E-state index contributed by atoms with van der Waals surface area (Å²) in [6.45, 7) is 0. The van der Waals surface area contributed by atoms with Gasteiger partial charge in [-0.2, -0.15) is 0 Å². The first kappa shape index (κ1) is 16.3. The molecule has 1 aromatic carbocycles. The highest BCUT2D eigenvalue weighted by Crippen LogP contribution is 2.29. The summed E-state index contributed by atoms with van der Waals surface area (Å²) < 4.78 is 23.7. The van der Waals surface area contributed by atoms with Crippen molar-refractivity contribution in [2.24, 2.45) is 0 Å². The molecule has 1 saturated carbocycles. The molecule has 126 valence electrons. The second-order valence-electron chi connectivity index (χ2n) is 6.55. The average Bonchev–Trinajstić information content (AvgIpc) is 2.89. The van der Waals surface area contributed by atoms with Gasteiger partial charge < -0.3 is 10.2 Å². The van der Waals surface area contributed by atoms with E-state index >= 15 is 0 Å². The molecular weight excluding hydrogens is 312 g/mol. The fourth-order valence-corrected chi connectivity index (χ4v) is 5.40. The monoisotopic (exact) mass is 336 g/mol. The summed E-state index contributed by atoms with van der Waals surface area (Å²) in [5.41, 5.74) is 0.749. The molecular formula is C17H24N2O3S. The molecule has 1 heterocycles. The fourth-order valence-electron chi connectivity index (χ4n) is 3.69. The summed E-state index contributed by atoms with van der Waals surface area (Å²) in [6.07, 6.45) is 5.92. The molecule has 0 radical (unpaired) electrons. The quantitative estimate of drug-likeness (QED) is 0.922. The van der Waals surface area contributed by atoms with Crippen molar-refractivity contribution in [3.8, 4) is 0 Å². The lowest BCUT2D eigenvalue weighted by Gasteiger charge is -2.38. The van der Waals surface area contributed by atoms with Crippen molar-refractivity contribution in [3.63, 3.8) is 0 Å². The topological polar surface area (TPSA) is 66.5 Å². The zero-order chi connectivity index (χ0) is 16.3. The van der Waals surface area contributed by atoms with Gasteiger partial charge in [0.05, 0.1) is 11.5 Å². The van der Waals surface area contributed by atoms with Gasteiger partial charge in [0.25, 0.3) is 0 Å². The first-order valence-electron chi connectivity index (χ1n) is 8.40. The summed E-state index contributed by atoms with van der Waals surface area (Å²) in [5, 5.41) is 2.94. The van der Waals surface area contributed by atoms with Crippen molar-refractivity contribution >= 4 is 21.6 Å². The molecule has 23 heavy (non-hydrogen) atoms. The summed E-state index contributed by atoms with van der Waals surface area (Å²) in [7, 11) is -3.01. The molecule has 5 nitrogen and oxygen atoms in total. The van der Waals surface area contributed by atoms with Crippen LogP contribution in [0.4, 0.5) is 10.5 Å². The van der Waals surface area contributed by atoms with Crippen molar-refractivity contribution in [1.82, 2.24) is 4.90 Å². The number of para-hydroxylation sites is 1. The Morgan fingerprint density at radius 3 is 2.30 bits per heavy atom. The molecule has 1 unspecified atom stereocenters. The minimum absolute atomic E-state index is 0.103. The maximum atomic E-state index is 12.8. The summed E-state index contributed by atoms with van der Waals surface area (Å²) in [4.78, 5) is 14.7. The number of anilines is 1. The Morgan fingerprint density at radius 1 is 1.00 bits per heavy atom. The number of urea groups is 1. The van der Waals surface area contributed by atoms with E-state index in [2.05, 4.69) is 5.32 Å². The van der Waals surface area contributed by atoms with Crippen molar-refractivity contribution < 1.29 is 13.2 Å². The minimum Gasteiger partial charge on any atom is -0.318 e. The third-order valence-corrected chi connectivity index (χ3v) is 6.58. The van der Waals surface area contributed by atoms with E-state index in [4.69, 9.17) is 0 Å². The van der Waals surface area contributed by atoms with Crippen LogP contribution in [-0.2, 0) is 9.84 Å². The molecule has 2 aliphatic rings. The van der Waals surface area contributed by atoms with Gasteiger partial charge in [-0.3, -0.25) is 0 Å². The molecule has 1 N–H and O–H groups in total. The minimum atomic E-state index is -3.01. The number of carbonyl (C=O) groups excluding carboxylic acids is 1. The molecule has 1 aromatic rings. The Bertz CT molecular complexity index is 639. The van der Waals surface area contributed by atoms with Gasteiger partial charge in [0, 0.05) is 17.8 Å². The SMILES string of the molecule is O=C(Nc1ccccc1)N(C1CCCCC1)C1CCS(=O)(=O)C1. The van der Waals surface area contributed by atoms with Gasteiger partial charge in [-0.15, -0.1) is 0 Å². The van der Waals surface area contributed by atoms with E-state index in [9.17, 15) is 13.2 Å². The molecule has 0 bridgehead atoms. The highest BCUT2D eigenvalue weighted by Gasteiger charge is 2.38. The van der Waals surface area contributed by atoms with Gasteiger partial charge in [0.15, 0.2) is 9.84 Å². The maximum absolute atomic E-state index is 12.8. The lowest BCUT2D eigenvalue weighted by atomic mass is 9.93. The van der Waals surface area contributed by atoms with E-state index in [1.54, 1.807) is 0 Å². The Balaban J connectivity index is 1.78. The van der Waals surface area contributed by atoms with Crippen LogP contribution in [0.3, 0.4) is 0 Å². The number of amides is 2. The second kappa shape index (κ2) is 6.91. The molecule has 0 spiro atoms. The van der Waals surface area contributed by atoms with E-state index < -0.39 is 9.84 Å². The van der Waals surface area contributed by atoms with Crippen LogP contribution in [0, 0.1) is 0 Å². The molecule has 6 heteroatoms. The Hall–Kier alpha value is -1.56. The van der Waals surface area contributed by atoms with Gasteiger partial charge in [-0.05, 0) is 31.4 Å². The van der Waals surface area contributed by atoms with Crippen molar-refractivity contribution in [1.29, 1.82) is 0 Å². The zero-order valence-electron chi connectivity index (χ0n) is 13.3. The van der Waals surface area contributed by atoms with Gasteiger partial charge in [0.1, 0.15) is 0 Å². The van der Waals surface area contributed by atoms with Crippen LogP contribution in [0.25, 0.3) is 0 Å². The molecule has 2 fully saturated rings. The highest BCUT2D eigenvalue weighted by molar-refractivity contribution is 7.91. The number of carbonyl (C=O) groups is 1. The number of rotatable bonds is 3. The average molecular weight is 336 g/mol. The predicted molar refractivity (Wildman–Crippen MR) is 91.2 cm³/mol. The van der Waals surface area contributed by atoms with Crippen LogP contribution >= 0.6 is 0 Å². The zero-order valence-corrected chi connectivity index (χ0v) is 14.1. The maximum Gasteiger partial charge on any atom is 0.322 e. The lowest BCUT2D eigenvalue weighted by molar-refractivity contribution is 0.141. The van der Waals surface area contributed by atoms with E-state index in [-0.39, 0.29) is 29.6 Å². The van der Waals surface area contributed by atoms with E-state index in [0.29, 0.717) is 6.42 Å². The Labute approximate surface area is 138 Å². The van der Waals surface area contributed by atoms with E-state index in [1.807, 2.05) is 35.2 Å². The van der Waals surface area contributed by atoms with Crippen LogP contribution in [0.5, 0.6) is 0 Å². The highest BCUT2D eigenvalue weighted by atomic mass is 32.2. The largest absolute Gasteiger partial charge is 0.322 e. The van der Waals surface area contributed by atoms with Gasteiger partial charge in [-0.1, -0.05) is 37.5 Å².